The molecule has 0 aromatic heterocycles. The van der Waals surface area contributed by atoms with Crippen LogP contribution < -0.4 is 4.72 Å². The van der Waals surface area contributed by atoms with Crippen LogP contribution in [0.4, 0.5) is 4.39 Å². The second-order valence-electron chi connectivity index (χ2n) is 4.90. The molecule has 0 unspecified atom stereocenters. The average Bonchev–Trinajstić information content (AvgIpc) is 2.96. The maximum Gasteiger partial charge on any atom is 0.242 e. The number of sulfonamides is 1. The summed E-state index contributed by atoms with van der Waals surface area (Å²) in [6.07, 6.45) is 4.51. The number of ether oxygens (including phenoxy) is 1. The SMILES string of the molecule is N#Cc1c(F)cccc1S(=O)(=O)NCCOC1CCCC1. The van der Waals surface area contributed by atoms with Crippen LogP contribution in [0.3, 0.4) is 0 Å². The van der Waals surface area contributed by atoms with Crippen molar-refractivity contribution in [3.63, 3.8) is 0 Å². The fourth-order valence-electron chi connectivity index (χ4n) is 2.37. The standard InChI is InChI=1S/C14H17FN2O3S/c15-13-6-3-7-14(12(13)10-16)21(18,19)17-8-9-20-11-4-1-2-5-11/h3,6-7,11,17H,1-2,4-5,8-9H2. The van der Waals surface area contributed by atoms with Gasteiger partial charge in [-0.25, -0.2) is 17.5 Å². The van der Waals surface area contributed by atoms with Gasteiger partial charge in [-0.05, 0) is 25.0 Å². The molecular formula is C14H17FN2O3S. The average molecular weight is 312 g/mol. The van der Waals surface area contributed by atoms with E-state index in [4.69, 9.17) is 10.00 Å². The molecule has 1 aromatic rings. The molecular weight excluding hydrogens is 295 g/mol. The summed E-state index contributed by atoms with van der Waals surface area (Å²) in [7, 11) is -3.91. The van der Waals surface area contributed by atoms with Crippen molar-refractivity contribution >= 4 is 10.0 Å². The molecule has 21 heavy (non-hydrogen) atoms. The van der Waals surface area contributed by atoms with Crippen molar-refractivity contribution in [1.29, 1.82) is 5.26 Å². The van der Waals surface area contributed by atoms with Crippen LogP contribution in [0, 0.1) is 17.1 Å². The number of nitriles is 1. The van der Waals surface area contributed by atoms with E-state index in [1.54, 1.807) is 6.07 Å². The second-order valence-corrected chi connectivity index (χ2v) is 6.64. The van der Waals surface area contributed by atoms with E-state index in [0.29, 0.717) is 0 Å². The van der Waals surface area contributed by atoms with Gasteiger partial charge in [0.1, 0.15) is 22.3 Å². The summed E-state index contributed by atoms with van der Waals surface area (Å²) in [4.78, 5) is -0.342. The van der Waals surface area contributed by atoms with Crippen LogP contribution in [0.25, 0.3) is 0 Å². The Labute approximate surface area is 123 Å². The Morgan fingerprint density at radius 1 is 1.38 bits per heavy atom. The number of nitrogens with zero attached hydrogens (tertiary/aromatic N) is 1. The van der Waals surface area contributed by atoms with Crippen LogP contribution in [0.15, 0.2) is 23.1 Å². The third kappa shape index (κ3) is 4.00. The quantitative estimate of drug-likeness (QED) is 0.814. The van der Waals surface area contributed by atoms with Gasteiger partial charge < -0.3 is 4.74 Å². The topological polar surface area (TPSA) is 79.2 Å². The molecule has 0 spiro atoms. The van der Waals surface area contributed by atoms with Crippen LogP contribution in [-0.4, -0.2) is 27.7 Å². The smallest absolute Gasteiger partial charge is 0.242 e. The molecule has 1 N–H and O–H groups in total. The van der Waals surface area contributed by atoms with E-state index in [1.165, 1.54) is 12.1 Å². The van der Waals surface area contributed by atoms with Gasteiger partial charge >= 0.3 is 0 Å². The van der Waals surface area contributed by atoms with Crippen molar-refractivity contribution in [1.82, 2.24) is 4.72 Å². The molecule has 0 heterocycles. The Morgan fingerprint density at radius 3 is 2.76 bits per heavy atom. The Kier molecular flexibility index (Phi) is 5.28. The Bertz CT molecular complexity index is 634. The molecule has 0 saturated heterocycles. The van der Waals surface area contributed by atoms with Crippen LogP contribution >= 0.6 is 0 Å². The van der Waals surface area contributed by atoms with Gasteiger partial charge in [0.15, 0.2) is 0 Å². The molecule has 2 rings (SSSR count). The summed E-state index contributed by atoms with van der Waals surface area (Å²) in [5, 5.41) is 8.87. The lowest BCUT2D eigenvalue weighted by atomic mass is 10.2. The normalized spacial score (nSPS) is 16.0. The van der Waals surface area contributed by atoms with Crippen LogP contribution in [-0.2, 0) is 14.8 Å². The van der Waals surface area contributed by atoms with E-state index < -0.39 is 21.4 Å². The fourth-order valence-corrected chi connectivity index (χ4v) is 3.55. The predicted molar refractivity (Wildman–Crippen MR) is 74.5 cm³/mol. The molecule has 0 radical (unpaired) electrons. The predicted octanol–water partition coefficient (Wildman–Crippen LogP) is 1.93. The van der Waals surface area contributed by atoms with Gasteiger partial charge in [0, 0.05) is 6.54 Å². The van der Waals surface area contributed by atoms with Crippen molar-refractivity contribution in [3.8, 4) is 6.07 Å². The van der Waals surface area contributed by atoms with E-state index in [-0.39, 0.29) is 24.2 Å². The highest BCUT2D eigenvalue weighted by atomic mass is 32.2. The molecule has 1 aliphatic rings. The first-order chi connectivity index (χ1) is 10.0. The lowest BCUT2D eigenvalue weighted by Gasteiger charge is -2.12. The summed E-state index contributed by atoms with van der Waals surface area (Å²) in [5.41, 5.74) is -0.471. The van der Waals surface area contributed by atoms with E-state index in [2.05, 4.69) is 4.72 Å². The van der Waals surface area contributed by atoms with Crippen LogP contribution in [0.1, 0.15) is 31.2 Å². The van der Waals surface area contributed by atoms with Crippen molar-refractivity contribution in [3.05, 3.63) is 29.6 Å². The lowest BCUT2D eigenvalue weighted by molar-refractivity contribution is 0.0626. The molecule has 1 aliphatic carbocycles. The van der Waals surface area contributed by atoms with Crippen molar-refractivity contribution in [2.24, 2.45) is 0 Å². The Morgan fingerprint density at radius 2 is 2.10 bits per heavy atom. The highest BCUT2D eigenvalue weighted by molar-refractivity contribution is 7.89. The fraction of sp³-hybridized carbons (Fsp3) is 0.500. The number of halogens is 1. The molecule has 5 nitrogen and oxygen atoms in total. The first-order valence-corrected chi connectivity index (χ1v) is 8.33. The van der Waals surface area contributed by atoms with Gasteiger partial charge in [-0.15, -0.1) is 0 Å². The van der Waals surface area contributed by atoms with E-state index in [1.807, 2.05) is 0 Å². The van der Waals surface area contributed by atoms with Gasteiger partial charge in [0.05, 0.1) is 12.7 Å². The van der Waals surface area contributed by atoms with E-state index in [9.17, 15) is 12.8 Å². The molecule has 0 atom stereocenters. The third-order valence-corrected chi connectivity index (χ3v) is 4.93. The molecule has 7 heteroatoms. The molecule has 0 bridgehead atoms. The number of rotatable bonds is 6. The van der Waals surface area contributed by atoms with E-state index >= 15 is 0 Å². The number of benzene rings is 1. The van der Waals surface area contributed by atoms with Crippen molar-refractivity contribution in [2.75, 3.05) is 13.2 Å². The first kappa shape index (κ1) is 15.9. The molecule has 1 saturated carbocycles. The third-order valence-electron chi connectivity index (χ3n) is 3.43. The summed E-state index contributed by atoms with van der Waals surface area (Å²) >= 11 is 0. The largest absolute Gasteiger partial charge is 0.377 e. The molecule has 1 aromatic carbocycles. The number of hydrogen-bond donors (Lipinski definition) is 1. The molecule has 0 amide bonds. The monoisotopic (exact) mass is 312 g/mol. The summed E-state index contributed by atoms with van der Waals surface area (Å²) < 4.78 is 45.5. The number of nitrogens with one attached hydrogen (secondary N) is 1. The van der Waals surface area contributed by atoms with Gasteiger partial charge in [-0.2, -0.15) is 5.26 Å². The first-order valence-electron chi connectivity index (χ1n) is 6.84. The zero-order chi connectivity index (χ0) is 15.3. The highest BCUT2D eigenvalue weighted by Gasteiger charge is 2.21. The number of hydrogen-bond acceptors (Lipinski definition) is 4. The van der Waals surface area contributed by atoms with Gasteiger partial charge in [0.25, 0.3) is 0 Å². The highest BCUT2D eigenvalue weighted by Crippen LogP contribution is 2.21. The van der Waals surface area contributed by atoms with Crippen molar-refractivity contribution in [2.45, 2.75) is 36.7 Å². The second kappa shape index (κ2) is 6.98. The van der Waals surface area contributed by atoms with Gasteiger partial charge in [0.2, 0.25) is 10.0 Å². The summed E-state index contributed by atoms with van der Waals surface area (Å²) in [5.74, 6) is -0.845. The molecule has 1 fully saturated rings. The maximum atomic E-state index is 13.4. The minimum atomic E-state index is -3.91. The lowest BCUT2D eigenvalue weighted by Crippen LogP contribution is -2.29. The zero-order valence-electron chi connectivity index (χ0n) is 11.5. The van der Waals surface area contributed by atoms with Gasteiger partial charge in [-0.1, -0.05) is 18.9 Å². The zero-order valence-corrected chi connectivity index (χ0v) is 12.3. The molecule has 0 aliphatic heterocycles. The van der Waals surface area contributed by atoms with Crippen LogP contribution in [0.2, 0.25) is 0 Å². The molecule has 114 valence electrons. The summed E-state index contributed by atoms with van der Waals surface area (Å²) in [6.45, 7) is 0.362. The minimum Gasteiger partial charge on any atom is -0.377 e. The van der Waals surface area contributed by atoms with Crippen molar-refractivity contribution < 1.29 is 17.5 Å². The van der Waals surface area contributed by atoms with Gasteiger partial charge in [-0.3, -0.25) is 0 Å². The summed E-state index contributed by atoms with van der Waals surface area (Å²) in [6, 6.07) is 5.11. The Hall–Kier alpha value is -1.49. The van der Waals surface area contributed by atoms with Crippen LogP contribution in [0.5, 0.6) is 0 Å². The van der Waals surface area contributed by atoms with E-state index in [0.717, 1.165) is 31.7 Å². The Balaban J connectivity index is 1.95. The minimum absolute atomic E-state index is 0.0974. The maximum absolute atomic E-state index is 13.4.